The summed E-state index contributed by atoms with van der Waals surface area (Å²) in [5, 5.41) is 18.2. The highest BCUT2D eigenvalue weighted by Crippen LogP contribution is 2.13. The molecule has 0 aliphatic rings. The highest BCUT2D eigenvalue weighted by Gasteiger charge is 2.03. The van der Waals surface area contributed by atoms with Gasteiger partial charge in [0.15, 0.2) is 0 Å². The van der Waals surface area contributed by atoms with Crippen LogP contribution in [0.4, 0.5) is 0 Å². The van der Waals surface area contributed by atoms with E-state index in [1.165, 1.54) is 7.11 Å². The first-order chi connectivity index (χ1) is 8.19. The van der Waals surface area contributed by atoms with Crippen molar-refractivity contribution >= 4 is 5.97 Å². The number of methoxy groups -OCH3 is 1. The summed E-state index contributed by atoms with van der Waals surface area (Å²) in [7, 11) is 1.37. The molecule has 0 saturated heterocycles. The van der Waals surface area contributed by atoms with Crippen LogP contribution in [0.25, 0.3) is 0 Å². The quantitative estimate of drug-likeness (QED) is 0.730. The molecule has 0 saturated carbocycles. The van der Waals surface area contributed by atoms with Gasteiger partial charge in [-0.3, -0.25) is 4.79 Å². The number of benzene rings is 1. The summed E-state index contributed by atoms with van der Waals surface area (Å²) in [5.74, 6) is -0.217. The molecule has 4 nitrogen and oxygen atoms in total. The Labute approximate surface area is 101 Å². The molecule has 0 amide bonds. The summed E-state index contributed by atoms with van der Waals surface area (Å²) in [4.78, 5) is 10.9. The fourth-order valence-corrected chi connectivity index (χ4v) is 1.71. The topological polar surface area (TPSA) is 66.8 Å². The minimum Gasteiger partial charge on any atom is -0.469 e. The van der Waals surface area contributed by atoms with Crippen molar-refractivity contribution in [3.8, 4) is 0 Å². The second-order valence-corrected chi connectivity index (χ2v) is 3.90. The lowest BCUT2D eigenvalue weighted by molar-refractivity contribution is -0.140. The van der Waals surface area contributed by atoms with Crippen LogP contribution >= 0.6 is 0 Å². The first kappa shape index (κ1) is 13.7. The Hall–Kier alpha value is -1.39. The molecule has 4 heteroatoms. The number of hydrogen-bond acceptors (Lipinski definition) is 4. The van der Waals surface area contributed by atoms with E-state index in [1.807, 2.05) is 12.1 Å². The van der Waals surface area contributed by atoms with E-state index >= 15 is 0 Å². The summed E-state index contributed by atoms with van der Waals surface area (Å²) >= 11 is 0. The molecule has 17 heavy (non-hydrogen) atoms. The van der Waals surface area contributed by atoms with Gasteiger partial charge in [-0.05, 0) is 29.5 Å². The normalized spacial score (nSPS) is 10.3. The number of carbonyl (C=O) groups excluding carboxylic acids is 1. The van der Waals surface area contributed by atoms with Crippen LogP contribution in [0.3, 0.4) is 0 Å². The Balaban J connectivity index is 2.60. The Morgan fingerprint density at radius 3 is 2.12 bits per heavy atom. The minimum atomic E-state index is -0.217. The van der Waals surface area contributed by atoms with Crippen LogP contribution in [0.15, 0.2) is 18.2 Å². The SMILES string of the molecule is COC(=O)CCCc1cc(CO)cc(CO)c1. The van der Waals surface area contributed by atoms with Gasteiger partial charge in [0.2, 0.25) is 0 Å². The predicted octanol–water partition coefficient (Wildman–Crippen LogP) is 1.17. The summed E-state index contributed by atoms with van der Waals surface area (Å²) in [6.45, 7) is -0.0876. The van der Waals surface area contributed by atoms with Crippen LogP contribution in [0.2, 0.25) is 0 Å². The Kier molecular flexibility index (Phi) is 5.66. The minimum absolute atomic E-state index is 0.0438. The van der Waals surface area contributed by atoms with Crippen LogP contribution < -0.4 is 0 Å². The first-order valence-electron chi connectivity index (χ1n) is 5.60. The molecule has 0 aromatic heterocycles. The van der Waals surface area contributed by atoms with E-state index in [9.17, 15) is 4.79 Å². The molecule has 94 valence electrons. The van der Waals surface area contributed by atoms with Gasteiger partial charge < -0.3 is 14.9 Å². The predicted molar refractivity (Wildman–Crippen MR) is 63.2 cm³/mol. The van der Waals surface area contributed by atoms with E-state index in [4.69, 9.17) is 10.2 Å². The second-order valence-electron chi connectivity index (χ2n) is 3.90. The maximum absolute atomic E-state index is 10.9. The molecule has 0 aliphatic heterocycles. The lowest BCUT2D eigenvalue weighted by Gasteiger charge is -2.06. The molecule has 1 rings (SSSR count). The van der Waals surface area contributed by atoms with E-state index < -0.39 is 0 Å². The molecule has 0 aliphatic carbocycles. The van der Waals surface area contributed by atoms with Gasteiger partial charge in [0, 0.05) is 6.42 Å². The van der Waals surface area contributed by atoms with Gasteiger partial charge >= 0.3 is 5.97 Å². The number of esters is 1. The number of carbonyl (C=O) groups is 1. The van der Waals surface area contributed by atoms with Gasteiger partial charge in [0.05, 0.1) is 20.3 Å². The third-order valence-corrected chi connectivity index (χ3v) is 2.55. The first-order valence-corrected chi connectivity index (χ1v) is 5.60. The van der Waals surface area contributed by atoms with E-state index in [0.717, 1.165) is 23.1 Å². The molecule has 0 radical (unpaired) electrons. The van der Waals surface area contributed by atoms with Crippen molar-refractivity contribution in [2.75, 3.05) is 7.11 Å². The van der Waals surface area contributed by atoms with Crippen molar-refractivity contribution in [1.29, 1.82) is 0 Å². The fourth-order valence-electron chi connectivity index (χ4n) is 1.71. The van der Waals surface area contributed by atoms with Gasteiger partial charge in [-0.2, -0.15) is 0 Å². The van der Waals surface area contributed by atoms with Crippen molar-refractivity contribution < 1.29 is 19.7 Å². The molecule has 0 atom stereocenters. The lowest BCUT2D eigenvalue weighted by Crippen LogP contribution is -2.01. The van der Waals surface area contributed by atoms with E-state index in [0.29, 0.717) is 12.8 Å². The average Bonchev–Trinajstić information content (AvgIpc) is 2.37. The van der Waals surface area contributed by atoms with Crippen LogP contribution in [-0.2, 0) is 29.2 Å². The molecule has 0 fully saturated rings. The standard InChI is InChI=1S/C13H18O4/c1-17-13(16)4-2-3-10-5-11(8-14)7-12(6-10)9-15/h5-7,14-15H,2-4,8-9H2,1H3. The zero-order valence-electron chi connectivity index (χ0n) is 9.98. The number of aliphatic hydroxyl groups excluding tert-OH is 2. The molecule has 0 bridgehead atoms. The van der Waals surface area contributed by atoms with Crippen molar-refractivity contribution in [3.63, 3.8) is 0 Å². The maximum atomic E-state index is 10.9. The Morgan fingerprint density at radius 1 is 1.12 bits per heavy atom. The van der Waals surface area contributed by atoms with E-state index in [-0.39, 0.29) is 19.2 Å². The Morgan fingerprint density at radius 2 is 1.65 bits per heavy atom. The van der Waals surface area contributed by atoms with E-state index in [1.54, 1.807) is 6.07 Å². The smallest absolute Gasteiger partial charge is 0.305 e. The van der Waals surface area contributed by atoms with Crippen molar-refractivity contribution in [2.45, 2.75) is 32.5 Å². The van der Waals surface area contributed by atoms with Gasteiger partial charge in [0.1, 0.15) is 0 Å². The highest BCUT2D eigenvalue weighted by molar-refractivity contribution is 5.69. The van der Waals surface area contributed by atoms with Crippen molar-refractivity contribution in [1.82, 2.24) is 0 Å². The van der Waals surface area contributed by atoms with Crippen LogP contribution in [0, 0.1) is 0 Å². The fraction of sp³-hybridized carbons (Fsp3) is 0.462. The summed E-state index contributed by atoms with van der Waals surface area (Å²) in [5.41, 5.74) is 2.58. The zero-order chi connectivity index (χ0) is 12.7. The second kappa shape index (κ2) is 7.04. The zero-order valence-corrected chi connectivity index (χ0v) is 9.98. The average molecular weight is 238 g/mol. The monoisotopic (exact) mass is 238 g/mol. The number of aryl methyl sites for hydroxylation is 1. The third-order valence-electron chi connectivity index (χ3n) is 2.55. The maximum Gasteiger partial charge on any atom is 0.305 e. The molecular weight excluding hydrogens is 220 g/mol. The van der Waals surface area contributed by atoms with E-state index in [2.05, 4.69) is 4.74 Å². The number of rotatable bonds is 6. The van der Waals surface area contributed by atoms with Crippen LogP contribution in [-0.4, -0.2) is 23.3 Å². The lowest BCUT2D eigenvalue weighted by atomic mass is 10.0. The van der Waals surface area contributed by atoms with Crippen molar-refractivity contribution in [3.05, 3.63) is 34.9 Å². The summed E-state index contributed by atoms with van der Waals surface area (Å²) in [6.07, 6.45) is 1.82. The molecule has 1 aromatic rings. The molecule has 0 unspecified atom stereocenters. The molecule has 0 heterocycles. The number of hydrogen-bond donors (Lipinski definition) is 2. The van der Waals surface area contributed by atoms with Gasteiger partial charge in [0.25, 0.3) is 0 Å². The van der Waals surface area contributed by atoms with Crippen molar-refractivity contribution in [2.24, 2.45) is 0 Å². The third kappa shape index (κ3) is 4.54. The molecule has 0 spiro atoms. The highest BCUT2D eigenvalue weighted by atomic mass is 16.5. The van der Waals surface area contributed by atoms with Crippen LogP contribution in [0.5, 0.6) is 0 Å². The summed E-state index contributed by atoms with van der Waals surface area (Å²) < 4.78 is 4.56. The molecule has 2 N–H and O–H groups in total. The van der Waals surface area contributed by atoms with Crippen LogP contribution in [0.1, 0.15) is 29.5 Å². The molecular formula is C13H18O4. The largest absolute Gasteiger partial charge is 0.469 e. The summed E-state index contributed by atoms with van der Waals surface area (Å²) in [6, 6.07) is 5.54. The number of aliphatic hydroxyl groups is 2. The Bertz CT molecular complexity index is 351. The van der Waals surface area contributed by atoms with Gasteiger partial charge in [-0.1, -0.05) is 18.2 Å². The molecule has 1 aromatic carbocycles. The van der Waals surface area contributed by atoms with Gasteiger partial charge in [-0.15, -0.1) is 0 Å². The number of ether oxygens (including phenoxy) is 1. The van der Waals surface area contributed by atoms with Gasteiger partial charge in [-0.25, -0.2) is 0 Å².